The van der Waals surface area contributed by atoms with E-state index in [1.165, 1.54) is 32.9 Å². The van der Waals surface area contributed by atoms with E-state index in [1.807, 2.05) is 0 Å². The highest BCUT2D eigenvalue weighted by Crippen LogP contribution is 2.65. The number of nitrogens with one attached hydrogen (secondary N) is 1. The topological polar surface area (TPSA) is 221 Å². The molecule has 2 aromatic carbocycles. The minimum Gasteiger partial charge on any atom is -0.456 e. The number of Topliss-reactive ketones (excluding diaryl/α,β-unsaturated/α-hetero) is 2. The van der Waals surface area contributed by atoms with Gasteiger partial charge in [-0.05, 0) is 76.8 Å². The van der Waals surface area contributed by atoms with Gasteiger partial charge in [-0.15, -0.1) is 0 Å². The van der Waals surface area contributed by atoms with E-state index in [-0.39, 0.29) is 42.8 Å². The zero-order chi connectivity index (χ0) is 45.7. The Hall–Kier alpha value is -4.96. The second-order valence-corrected chi connectivity index (χ2v) is 19.0. The summed E-state index contributed by atoms with van der Waals surface area (Å²) in [5.41, 5.74) is -7.23. The predicted molar refractivity (Wildman–Crippen MR) is 221 cm³/mol. The summed E-state index contributed by atoms with van der Waals surface area (Å²) in [7, 11) is 0. The number of benzene rings is 2. The average Bonchev–Trinajstić information content (AvgIpc) is 3.19. The molecule has 62 heavy (non-hydrogen) atoms. The van der Waals surface area contributed by atoms with Crippen LogP contribution < -0.4 is 5.32 Å². The first-order chi connectivity index (χ1) is 28.9. The van der Waals surface area contributed by atoms with Crippen LogP contribution in [-0.4, -0.2) is 105 Å². The molecule has 0 spiro atoms. The Kier molecular flexibility index (Phi) is 12.7. The maximum atomic E-state index is 15.7. The van der Waals surface area contributed by atoms with Crippen molar-refractivity contribution in [2.75, 3.05) is 6.61 Å². The first kappa shape index (κ1) is 46.5. The number of rotatable bonds is 11. The molecule has 0 aromatic heterocycles. The summed E-state index contributed by atoms with van der Waals surface area (Å²) in [6, 6.07) is 14.8. The molecule has 2 saturated carbocycles. The molecule has 4 aliphatic rings. The summed E-state index contributed by atoms with van der Waals surface area (Å²) in [5, 5.41) is 40.2. The first-order valence-corrected chi connectivity index (χ1v) is 21.0. The van der Waals surface area contributed by atoms with E-state index in [0.29, 0.717) is 11.1 Å². The number of ether oxygens (including phenoxy) is 5. The highest BCUT2D eigenvalue weighted by atomic mass is 16.6. The second-order valence-electron chi connectivity index (χ2n) is 19.0. The van der Waals surface area contributed by atoms with E-state index < -0.39 is 112 Å². The van der Waals surface area contributed by atoms with Crippen molar-refractivity contribution in [1.29, 1.82) is 0 Å². The van der Waals surface area contributed by atoms with Crippen molar-refractivity contribution in [3.8, 4) is 0 Å². The van der Waals surface area contributed by atoms with Gasteiger partial charge in [0.25, 0.3) is 0 Å². The number of aliphatic hydroxyl groups is 3. The average molecular weight is 862 g/mol. The SMILES string of the molecule is CC(=O)CC[C@H]1C(=O)[C@]2(C)[C@@H](O)CC3OC[C@@]3(OC(C)=O)[C@H]2[C@H](OC(=O)c2ccccc2)[C@]2(O)C[C@H](OC(=O)[C@H](O)[C@@H](NC(=O)OC(C)(C)C)c3ccccc3)C(C)=C1C2(C)C. The highest BCUT2D eigenvalue weighted by Gasteiger charge is 2.78. The monoisotopic (exact) mass is 861 g/mol. The van der Waals surface area contributed by atoms with Gasteiger partial charge < -0.3 is 49.1 Å². The lowest BCUT2D eigenvalue weighted by atomic mass is 9.43. The van der Waals surface area contributed by atoms with Crippen molar-refractivity contribution >= 4 is 35.6 Å². The van der Waals surface area contributed by atoms with Crippen LogP contribution in [0.15, 0.2) is 71.8 Å². The molecule has 1 saturated heterocycles. The van der Waals surface area contributed by atoms with Gasteiger partial charge in [-0.1, -0.05) is 62.4 Å². The quantitative estimate of drug-likeness (QED) is 0.134. The lowest BCUT2D eigenvalue weighted by molar-refractivity contribution is -0.345. The summed E-state index contributed by atoms with van der Waals surface area (Å²) >= 11 is 0. The molecule has 2 bridgehead atoms. The normalized spacial score (nSPS) is 32.2. The number of alkyl carbamates (subject to hydrolysis) is 1. The van der Waals surface area contributed by atoms with Gasteiger partial charge in [0.2, 0.25) is 0 Å². The van der Waals surface area contributed by atoms with Crippen LogP contribution in [0.5, 0.6) is 0 Å². The van der Waals surface area contributed by atoms with Crippen molar-refractivity contribution < 1.29 is 67.8 Å². The van der Waals surface area contributed by atoms with Gasteiger partial charge in [0.05, 0.1) is 35.6 Å². The molecule has 1 amide bonds. The van der Waals surface area contributed by atoms with Crippen LogP contribution in [0.25, 0.3) is 0 Å². The largest absolute Gasteiger partial charge is 0.456 e. The Balaban J connectivity index is 1.54. The number of ketones is 2. The maximum Gasteiger partial charge on any atom is 0.408 e. The molecule has 15 heteroatoms. The molecule has 1 heterocycles. The maximum absolute atomic E-state index is 15.7. The molecule has 336 valence electrons. The Morgan fingerprint density at radius 3 is 2.11 bits per heavy atom. The zero-order valence-corrected chi connectivity index (χ0v) is 36.8. The van der Waals surface area contributed by atoms with Crippen LogP contribution in [0.2, 0.25) is 0 Å². The lowest BCUT2D eigenvalue weighted by Crippen LogP contribution is -2.81. The van der Waals surface area contributed by atoms with Gasteiger partial charge in [0.15, 0.2) is 11.7 Å². The summed E-state index contributed by atoms with van der Waals surface area (Å²) < 4.78 is 30.1. The molecule has 6 rings (SSSR count). The minimum atomic E-state index is -2.29. The molecule has 15 nitrogen and oxygen atoms in total. The van der Waals surface area contributed by atoms with E-state index in [1.54, 1.807) is 90.1 Å². The van der Waals surface area contributed by atoms with Gasteiger partial charge in [0, 0.05) is 37.5 Å². The van der Waals surface area contributed by atoms with Crippen molar-refractivity contribution in [2.45, 2.75) is 141 Å². The van der Waals surface area contributed by atoms with Crippen LogP contribution in [0.3, 0.4) is 0 Å². The number of hydrogen-bond donors (Lipinski definition) is 4. The molecule has 11 atom stereocenters. The highest BCUT2D eigenvalue weighted by molar-refractivity contribution is 5.93. The molecular weight excluding hydrogens is 803 g/mol. The summed E-state index contributed by atoms with van der Waals surface area (Å²) in [6.07, 6.45) is -9.29. The fourth-order valence-electron chi connectivity index (χ4n) is 10.4. The summed E-state index contributed by atoms with van der Waals surface area (Å²) in [5.74, 6) is -6.27. The fourth-order valence-corrected chi connectivity index (χ4v) is 10.4. The van der Waals surface area contributed by atoms with Crippen molar-refractivity contribution in [2.24, 2.45) is 22.7 Å². The van der Waals surface area contributed by atoms with Crippen LogP contribution in [0.4, 0.5) is 4.79 Å². The number of esters is 3. The third-order valence-electron chi connectivity index (χ3n) is 13.5. The van der Waals surface area contributed by atoms with E-state index in [9.17, 15) is 39.3 Å². The van der Waals surface area contributed by atoms with Crippen molar-refractivity contribution in [3.63, 3.8) is 0 Å². The van der Waals surface area contributed by atoms with Crippen LogP contribution in [-0.2, 0) is 42.9 Å². The zero-order valence-electron chi connectivity index (χ0n) is 36.8. The molecule has 3 fully saturated rings. The van der Waals surface area contributed by atoms with Crippen LogP contribution >= 0.6 is 0 Å². The number of amides is 1. The molecular formula is C47H59NO14. The second kappa shape index (κ2) is 17.0. The molecule has 0 radical (unpaired) electrons. The van der Waals surface area contributed by atoms with E-state index in [2.05, 4.69) is 5.32 Å². The lowest BCUT2D eigenvalue weighted by Gasteiger charge is -2.67. The van der Waals surface area contributed by atoms with Gasteiger partial charge >= 0.3 is 24.0 Å². The third kappa shape index (κ3) is 8.20. The minimum absolute atomic E-state index is 0.0659. The van der Waals surface area contributed by atoms with Crippen LogP contribution in [0, 0.1) is 22.7 Å². The Bertz CT molecular complexity index is 2110. The molecule has 3 aliphatic carbocycles. The van der Waals surface area contributed by atoms with E-state index in [0.717, 1.165) is 0 Å². The Morgan fingerprint density at radius 1 is 0.952 bits per heavy atom. The smallest absolute Gasteiger partial charge is 0.408 e. The molecule has 1 aliphatic heterocycles. The number of carbonyl (C=O) groups excluding carboxylic acids is 6. The van der Waals surface area contributed by atoms with E-state index >= 15 is 4.79 Å². The fraction of sp³-hybridized carbons (Fsp3) is 0.574. The Labute approximate surface area is 361 Å². The van der Waals surface area contributed by atoms with Crippen molar-refractivity contribution in [3.05, 3.63) is 82.9 Å². The third-order valence-corrected chi connectivity index (χ3v) is 13.5. The summed E-state index contributed by atoms with van der Waals surface area (Å²) in [6.45, 7) is 13.7. The first-order valence-electron chi connectivity index (χ1n) is 21.0. The van der Waals surface area contributed by atoms with Gasteiger partial charge in [0.1, 0.15) is 41.1 Å². The Morgan fingerprint density at radius 2 is 1.56 bits per heavy atom. The summed E-state index contributed by atoms with van der Waals surface area (Å²) in [4.78, 5) is 83.0. The van der Waals surface area contributed by atoms with E-state index in [4.69, 9.17) is 23.7 Å². The number of hydrogen-bond acceptors (Lipinski definition) is 14. The molecule has 4 N–H and O–H groups in total. The van der Waals surface area contributed by atoms with Crippen molar-refractivity contribution in [1.82, 2.24) is 5.32 Å². The predicted octanol–water partition coefficient (Wildman–Crippen LogP) is 4.88. The molecule has 2 aromatic rings. The van der Waals surface area contributed by atoms with Gasteiger partial charge in [-0.2, -0.15) is 0 Å². The molecule has 1 unspecified atom stereocenters. The number of aliphatic hydroxyl groups excluding tert-OH is 2. The standard InChI is InChI=1S/C47H59NO14/c1-25(49)20-21-30-34-26(2)31(59-41(55)36(52)35(28-16-12-10-13-17-28)48-42(56)62-43(4,5)6)23-47(57,44(34,7)8)39(60-40(54)29-18-14-11-15-19-29)37-45(9,38(30)53)32(51)22-33-46(37,24-58-33)61-27(3)50/h10-19,30-33,35-37,39,51-52,57H,20-24H2,1-9H3,(H,48,56)/t30-,31+,32+,33?,35+,36-,37+,39+,45-,46+,47-/m1/s1. The number of carbonyl (C=O) groups is 6. The number of fused-ring (bicyclic) bond motifs is 5. The van der Waals surface area contributed by atoms with Gasteiger partial charge in [-0.3, -0.25) is 9.59 Å². The van der Waals surface area contributed by atoms with Crippen LogP contribution in [0.1, 0.15) is 110 Å². The van der Waals surface area contributed by atoms with Gasteiger partial charge in [-0.25, -0.2) is 14.4 Å².